The number of rotatable bonds is 4. The number of carbonyl (C=O) groups is 1. The van der Waals surface area contributed by atoms with Crippen LogP contribution in [0, 0.1) is 0 Å². The minimum Gasteiger partial charge on any atom is -0.375 e. The molecule has 0 aliphatic heterocycles. The molecule has 1 aromatic carbocycles. The minimum absolute atomic E-state index is 0.193. The summed E-state index contributed by atoms with van der Waals surface area (Å²) >= 11 is 1.28. The number of nitrogens with zero attached hydrogens (tertiary/aromatic N) is 4. The number of aromatic nitrogens is 3. The van der Waals surface area contributed by atoms with Crippen LogP contribution in [0.1, 0.15) is 10.4 Å². The van der Waals surface area contributed by atoms with Crippen molar-refractivity contribution in [1.82, 2.24) is 20.7 Å². The summed E-state index contributed by atoms with van der Waals surface area (Å²) < 4.78 is 4.60. The third-order valence-electron chi connectivity index (χ3n) is 2.59. The number of anilines is 1. The second-order valence-corrected chi connectivity index (χ2v) is 5.29. The van der Waals surface area contributed by atoms with Crippen molar-refractivity contribution in [3.05, 3.63) is 34.8 Å². The van der Waals surface area contributed by atoms with Crippen LogP contribution in [-0.4, -0.2) is 27.4 Å². The number of thiazole rings is 1. The molecule has 8 nitrogen and oxygen atoms in total. The van der Waals surface area contributed by atoms with Crippen LogP contribution in [0.5, 0.6) is 0 Å². The maximum Gasteiger partial charge on any atom is 0.245 e. The predicted octanol–water partition coefficient (Wildman–Crippen LogP) is 0.954. The van der Waals surface area contributed by atoms with E-state index in [2.05, 4.69) is 30.5 Å². The Kier molecular flexibility index (Phi) is 3.56. The first kappa shape index (κ1) is 13.2. The molecule has 0 unspecified atom stereocenters. The standard InChI is InChI=1S/C12H10N6O2S/c13-12-14-6-8(21-12)4-11(19)16-15-5-7-1-2-9-10(3-7)18-20-17-9/h1-3,5-6H,4H2,(H2,13,14)(H,16,19). The summed E-state index contributed by atoms with van der Waals surface area (Å²) in [5, 5.41) is 11.8. The van der Waals surface area contributed by atoms with Crippen LogP contribution in [0.4, 0.5) is 5.13 Å². The summed E-state index contributed by atoms with van der Waals surface area (Å²) in [6, 6.07) is 5.31. The monoisotopic (exact) mass is 302 g/mol. The van der Waals surface area contributed by atoms with Crippen LogP contribution in [0.15, 0.2) is 34.1 Å². The lowest BCUT2D eigenvalue weighted by Gasteiger charge is -1.96. The van der Waals surface area contributed by atoms with Crippen molar-refractivity contribution >= 4 is 39.6 Å². The molecule has 0 bridgehead atoms. The van der Waals surface area contributed by atoms with Crippen molar-refractivity contribution in [2.24, 2.45) is 5.10 Å². The van der Waals surface area contributed by atoms with Gasteiger partial charge in [-0.25, -0.2) is 15.0 Å². The molecule has 3 rings (SSSR count). The van der Waals surface area contributed by atoms with Crippen molar-refractivity contribution in [2.45, 2.75) is 6.42 Å². The highest BCUT2D eigenvalue weighted by Gasteiger charge is 2.05. The van der Waals surface area contributed by atoms with Crippen LogP contribution >= 0.6 is 11.3 Å². The molecule has 21 heavy (non-hydrogen) atoms. The molecule has 3 aromatic rings. The average Bonchev–Trinajstić information content (AvgIpc) is 3.07. The number of hydrazone groups is 1. The molecule has 0 fully saturated rings. The summed E-state index contributed by atoms with van der Waals surface area (Å²) in [6.45, 7) is 0. The average molecular weight is 302 g/mol. The Hall–Kier alpha value is -2.81. The highest BCUT2D eigenvalue weighted by molar-refractivity contribution is 7.15. The molecular formula is C12H10N6O2S. The SMILES string of the molecule is Nc1ncc(CC(=O)NN=Cc2ccc3nonc3c2)s1. The van der Waals surface area contributed by atoms with E-state index in [0.717, 1.165) is 10.4 Å². The fourth-order valence-corrected chi connectivity index (χ4v) is 2.34. The maximum atomic E-state index is 11.7. The summed E-state index contributed by atoms with van der Waals surface area (Å²) in [6.07, 6.45) is 3.29. The molecule has 1 amide bonds. The lowest BCUT2D eigenvalue weighted by atomic mass is 10.2. The first-order chi connectivity index (χ1) is 10.2. The summed E-state index contributed by atoms with van der Waals surface area (Å²) in [5.41, 5.74) is 10.0. The van der Waals surface area contributed by atoms with Gasteiger partial charge >= 0.3 is 0 Å². The van der Waals surface area contributed by atoms with Crippen LogP contribution in [-0.2, 0) is 11.2 Å². The van der Waals surface area contributed by atoms with E-state index in [-0.39, 0.29) is 12.3 Å². The van der Waals surface area contributed by atoms with Gasteiger partial charge in [0.15, 0.2) is 5.13 Å². The van der Waals surface area contributed by atoms with Gasteiger partial charge in [0.25, 0.3) is 0 Å². The largest absolute Gasteiger partial charge is 0.375 e. The lowest BCUT2D eigenvalue weighted by Crippen LogP contribution is -2.19. The van der Waals surface area contributed by atoms with E-state index in [0.29, 0.717) is 16.2 Å². The number of hydrogen-bond acceptors (Lipinski definition) is 8. The molecule has 0 saturated heterocycles. The number of nitrogens with one attached hydrogen (secondary N) is 1. The zero-order valence-electron chi connectivity index (χ0n) is 10.7. The van der Waals surface area contributed by atoms with Gasteiger partial charge in [-0.1, -0.05) is 6.07 Å². The first-order valence-electron chi connectivity index (χ1n) is 5.95. The van der Waals surface area contributed by atoms with Gasteiger partial charge in [0, 0.05) is 11.1 Å². The third-order valence-corrected chi connectivity index (χ3v) is 3.41. The Balaban J connectivity index is 1.59. The number of hydrogen-bond donors (Lipinski definition) is 2. The van der Waals surface area contributed by atoms with Crippen LogP contribution in [0.3, 0.4) is 0 Å². The fraction of sp³-hybridized carbons (Fsp3) is 0.0833. The van der Waals surface area contributed by atoms with Crippen molar-refractivity contribution in [3.8, 4) is 0 Å². The van der Waals surface area contributed by atoms with E-state index < -0.39 is 0 Å². The highest BCUT2D eigenvalue weighted by Crippen LogP contribution is 2.14. The smallest absolute Gasteiger partial charge is 0.245 e. The fourth-order valence-electron chi connectivity index (χ4n) is 1.66. The van der Waals surface area contributed by atoms with Gasteiger partial charge in [-0.15, -0.1) is 11.3 Å². The zero-order chi connectivity index (χ0) is 14.7. The molecule has 0 saturated carbocycles. The van der Waals surface area contributed by atoms with Crippen LogP contribution in [0.25, 0.3) is 11.0 Å². The number of benzene rings is 1. The quantitative estimate of drug-likeness (QED) is 0.547. The first-order valence-corrected chi connectivity index (χ1v) is 6.77. The summed E-state index contributed by atoms with van der Waals surface area (Å²) in [4.78, 5) is 16.3. The van der Waals surface area contributed by atoms with Gasteiger partial charge in [0.1, 0.15) is 11.0 Å². The molecule has 2 heterocycles. The van der Waals surface area contributed by atoms with Gasteiger partial charge in [0.05, 0.1) is 12.6 Å². The van der Waals surface area contributed by atoms with Crippen molar-refractivity contribution in [2.75, 3.05) is 5.73 Å². The molecule has 9 heteroatoms. The summed E-state index contributed by atoms with van der Waals surface area (Å²) in [7, 11) is 0. The molecule has 3 N–H and O–H groups in total. The number of nitrogens with two attached hydrogens (primary N) is 1. The molecule has 0 spiro atoms. The second kappa shape index (κ2) is 5.67. The zero-order valence-corrected chi connectivity index (χ0v) is 11.5. The Labute approximate surface area is 122 Å². The van der Waals surface area contributed by atoms with E-state index in [9.17, 15) is 4.79 Å². The van der Waals surface area contributed by atoms with E-state index in [1.807, 2.05) is 0 Å². The van der Waals surface area contributed by atoms with Crippen molar-refractivity contribution in [3.63, 3.8) is 0 Å². The van der Waals surface area contributed by atoms with Gasteiger partial charge in [-0.2, -0.15) is 5.10 Å². The molecule has 106 valence electrons. The Morgan fingerprint density at radius 1 is 1.43 bits per heavy atom. The lowest BCUT2D eigenvalue weighted by molar-refractivity contribution is -0.120. The third kappa shape index (κ3) is 3.20. The highest BCUT2D eigenvalue weighted by atomic mass is 32.1. The Morgan fingerprint density at radius 3 is 3.10 bits per heavy atom. The number of amides is 1. The van der Waals surface area contributed by atoms with E-state index in [4.69, 9.17) is 5.73 Å². The van der Waals surface area contributed by atoms with Gasteiger partial charge in [-0.05, 0) is 28.0 Å². The van der Waals surface area contributed by atoms with E-state index >= 15 is 0 Å². The number of nitrogen functional groups attached to an aromatic ring is 1. The van der Waals surface area contributed by atoms with Gasteiger partial charge in [-0.3, -0.25) is 4.79 Å². The Morgan fingerprint density at radius 2 is 2.29 bits per heavy atom. The summed E-state index contributed by atoms with van der Waals surface area (Å²) in [5.74, 6) is -0.237. The topological polar surface area (TPSA) is 119 Å². The van der Waals surface area contributed by atoms with E-state index in [1.54, 1.807) is 24.4 Å². The maximum absolute atomic E-state index is 11.7. The van der Waals surface area contributed by atoms with Gasteiger partial charge < -0.3 is 5.73 Å². The molecule has 0 aliphatic carbocycles. The molecular weight excluding hydrogens is 292 g/mol. The second-order valence-electron chi connectivity index (χ2n) is 4.15. The van der Waals surface area contributed by atoms with Crippen LogP contribution < -0.4 is 11.2 Å². The van der Waals surface area contributed by atoms with Crippen LogP contribution in [0.2, 0.25) is 0 Å². The van der Waals surface area contributed by atoms with Crippen molar-refractivity contribution in [1.29, 1.82) is 0 Å². The number of carbonyl (C=O) groups excluding carboxylic acids is 1. The molecule has 0 radical (unpaired) electrons. The molecule has 2 aromatic heterocycles. The minimum atomic E-state index is -0.237. The normalized spacial score (nSPS) is 11.2. The number of fused-ring (bicyclic) bond motifs is 1. The Bertz CT molecular complexity index is 809. The van der Waals surface area contributed by atoms with Gasteiger partial charge in [0.2, 0.25) is 5.91 Å². The molecule has 0 aliphatic rings. The molecule has 0 atom stereocenters. The predicted molar refractivity (Wildman–Crippen MR) is 77.8 cm³/mol. The van der Waals surface area contributed by atoms with Crippen molar-refractivity contribution < 1.29 is 9.42 Å². The van der Waals surface area contributed by atoms with E-state index in [1.165, 1.54) is 17.6 Å².